The Morgan fingerprint density at radius 2 is 2.05 bits per heavy atom. The topological polar surface area (TPSA) is 38.5 Å². The molecule has 3 rings (SSSR count). The molecule has 0 fully saturated rings. The molecule has 1 N–H and O–H groups in total. The number of benzene rings is 1. The lowest BCUT2D eigenvalue weighted by atomic mass is 10.3. The fourth-order valence-corrected chi connectivity index (χ4v) is 3.71. The van der Waals surface area contributed by atoms with E-state index in [0.717, 1.165) is 31.5 Å². The second-order valence-corrected chi connectivity index (χ2v) is 6.43. The predicted octanol–water partition coefficient (Wildman–Crippen LogP) is 4.26. The van der Waals surface area contributed by atoms with E-state index in [1.807, 2.05) is 41.4 Å². The van der Waals surface area contributed by atoms with Gasteiger partial charge in [-0.25, -0.2) is 4.68 Å². The molecule has 19 heavy (non-hydrogen) atoms. The maximum atomic E-state index is 5.43. The third-order valence-electron chi connectivity index (χ3n) is 2.99. The average Bonchev–Trinajstić information content (AvgIpc) is 2.79. The van der Waals surface area contributed by atoms with E-state index in [-0.39, 0.29) is 0 Å². The molecule has 0 bridgehead atoms. The van der Waals surface area contributed by atoms with Crippen molar-refractivity contribution in [1.82, 2.24) is 19.3 Å². The van der Waals surface area contributed by atoms with Crippen molar-refractivity contribution in [1.29, 1.82) is 0 Å². The van der Waals surface area contributed by atoms with Crippen LogP contribution in [0.25, 0.3) is 16.9 Å². The van der Waals surface area contributed by atoms with Crippen molar-refractivity contribution in [3.63, 3.8) is 0 Å². The number of aromatic amines is 1. The zero-order valence-electron chi connectivity index (χ0n) is 10.2. The number of halogens is 2. The molecule has 0 saturated carbocycles. The van der Waals surface area contributed by atoms with Crippen LogP contribution in [-0.4, -0.2) is 19.3 Å². The Kier molecular flexibility index (Phi) is 3.15. The van der Waals surface area contributed by atoms with Gasteiger partial charge < -0.3 is 4.98 Å². The smallest absolute Gasteiger partial charge is 0.184 e. The van der Waals surface area contributed by atoms with Crippen LogP contribution in [0.4, 0.5) is 0 Å². The molecule has 4 nitrogen and oxygen atoms in total. The van der Waals surface area contributed by atoms with E-state index in [2.05, 4.69) is 41.9 Å². The van der Waals surface area contributed by atoms with Gasteiger partial charge >= 0.3 is 0 Å². The van der Waals surface area contributed by atoms with Crippen molar-refractivity contribution in [2.45, 2.75) is 6.92 Å². The molecule has 1 aromatic carbocycles. The molecule has 0 radical (unpaired) electrons. The first kappa shape index (κ1) is 13.1. The number of H-pyrrole nitrogens is 1. The van der Waals surface area contributed by atoms with E-state index in [1.165, 1.54) is 0 Å². The summed E-state index contributed by atoms with van der Waals surface area (Å²) in [6, 6.07) is 6.00. The number of imidazole rings is 1. The van der Waals surface area contributed by atoms with Crippen LogP contribution in [-0.2, 0) is 7.05 Å². The van der Waals surface area contributed by atoms with Gasteiger partial charge in [-0.1, -0.05) is 15.9 Å². The third kappa shape index (κ3) is 2.00. The monoisotopic (exact) mass is 400 g/mol. The van der Waals surface area contributed by atoms with Gasteiger partial charge in [-0.3, -0.25) is 4.57 Å². The molecule has 2 heterocycles. The second-order valence-electron chi connectivity index (χ2n) is 4.27. The first-order chi connectivity index (χ1) is 8.99. The summed E-state index contributed by atoms with van der Waals surface area (Å²) < 4.78 is 6.47. The Balaban J connectivity index is 2.42. The van der Waals surface area contributed by atoms with Crippen LogP contribution in [0.15, 0.2) is 27.1 Å². The van der Waals surface area contributed by atoms with E-state index in [4.69, 9.17) is 12.2 Å². The molecular weight excluding hydrogens is 392 g/mol. The van der Waals surface area contributed by atoms with Crippen LogP contribution in [0.2, 0.25) is 0 Å². The average molecular weight is 402 g/mol. The first-order valence-electron chi connectivity index (χ1n) is 5.59. The second kappa shape index (κ2) is 4.57. The quantitative estimate of drug-likeness (QED) is 0.619. The van der Waals surface area contributed by atoms with E-state index < -0.39 is 0 Å². The van der Waals surface area contributed by atoms with Crippen LogP contribution in [0.5, 0.6) is 0 Å². The van der Waals surface area contributed by atoms with Gasteiger partial charge in [0, 0.05) is 16.0 Å². The Morgan fingerprint density at radius 1 is 1.32 bits per heavy atom. The zero-order valence-corrected chi connectivity index (χ0v) is 14.2. The summed E-state index contributed by atoms with van der Waals surface area (Å²) >= 11 is 12.5. The summed E-state index contributed by atoms with van der Waals surface area (Å²) in [5, 5.41) is 4.42. The number of hydrogen-bond donors (Lipinski definition) is 1. The lowest BCUT2D eigenvalue weighted by molar-refractivity contribution is 0.759. The number of rotatable bonds is 1. The van der Waals surface area contributed by atoms with Crippen molar-refractivity contribution >= 4 is 55.2 Å². The van der Waals surface area contributed by atoms with E-state index >= 15 is 0 Å². The van der Waals surface area contributed by atoms with Crippen LogP contribution in [0, 0.1) is 11.7 Å². The molecule has 7 heteroatoms. The van der Waals surface area contributed by atoms with Gasteiger partial charge in [0.05, 0.1) is 11.4 Å². The molecule has 0 spiro atoms. The highest BCUT2D eigenvalue weighted by Gasteiger charge is 2.15. The standard InChI is InChI=1S/C12H10Br2N4S/c1-6-10-11(17(2)16-6)18(12(19)15-10)9-4-3-7(13)5-8(9)14/h3-5H,1-2H3,(H,15,19). The molecular formula is C12H10Br2N4S. The fraction of sp³-hybridized carbons (Fsp3) is 0.167. The van der Waals surface area contributed by atoms with Crippen molar-refractivity contribution in [2.75, 3.05) is 0 Å². The molecule has 0 unspecified atom stereocenters. The summed E-state index contributed by atoms with van der Waals surface area (Å²) in [7, 11) is 1.92. The number of hydrogen-bond acceptors (Lipinski definition) is 2. The SMILES string of the molecule is Cc1nn(C)c2c1[nH]c(=S)n2-c1ccc(Br)cc1Br. The summed E-state index contributed by atoms with van der Waals surface area (Å²) in [4.78, 5) is 3.22. The first-order valence-corrected chi connectivity index (χ1v) is 7.58. The molecule has 3 aromatic rings. The predicted molar refractivity (Wildman–Crippen MR) is 85.4 cm³/mol. The maximum absolute atomic E-state index is 5.43. The van der Waals surface area contributed by atoms with Gasteiger partial charge in [0.2, 0.25) is 0 Å². The van der Waals surface area contributed by atoms with Gasteiger partial charge in [0.15, 0.2) is 10.4 Å². The van der Waals surface area contributed by atoms with Crippen LogP contribution in [0.3, 0.4) is 0 Å². The molecule has 0 aliphatic carbocycles. The Labute approximate surface area is 131 Å². The minimum absolute atomic E-state index is 0.661. The minimum atomic E-state index is 0.661. The molecule has 2 aromatic heterocycles. The number of aromatic nitrogens is 4. The lowest BCUT2D eigenvalue weighted by Crippen LogP contribution is -2.01. The van der Waals surface area contributed by atoms with Crippen LogP contribution < -0.4 is 0 Å². The van der Waals surface area contributed by atoms with Gasteiger partial charge in [0.25, 0.3) is 0 Å². The molecule has 0 saturated heterocycles. The largest absolute Gasteiger partial charge is 0.327 e. The van der Waals surface area contributed by atoms with Crippen LogP contribution in [0.1, 0.15) is 5.69 Å². The minimum Gasteiger partial charge on any atom is -0.327 e. The third-order valence-corrected chi connectivity index (χ3v) is 4.40. The Morgan fingerprint density at radius 3 is 2.74 bits per heavy atom. The van der Waals surface area contributed by atoms with E-state index in [0.29, 0.717) is 4.77 Å². The molecule has 0 aliphatic heterocycles. The molecule has 98 valence electrons. The van der Waals surface area contributed by atoms with Gasteiger partial charge in [-0.2, -0.15) is 5.10 Å². The highest BCUT2D eigenvalue weighted by Crippen LogP contribution is 2.29. The number of nitrogens with one attached hydrogen (secondary N) is 1. The van der Waals surface area contributed by atoms with Gasteiger partial charge in [0.1, 0.15) is 5.52 Å². The number of fused-ring (bicyclic) bond motifs is 1. The van der Waals surface area contributed by atoms with Crippen molar-refractivity contribution < 1.29 is 0 Å². The lowest BCUT2D eigenvalue weighted by Gasteiger charge is -2.07. The highest BCUT2D eigenvalue weighted by atomic mass is 79.9. The molecule has 0 amide bonds. The number of nitrogens with zero attached hydrogens (tertiary/aromatic N) is 3. The van der Waals surface area contributed by atoms with Crippen molar-refractivity contribution in [2.24, 2.45) is 7.05 Å². The summed E-state index contributed by atoms with van der Waals surface area (Å²) in [6.07, 6.45) is 0. The van der Waals surface area contributed by atoms with Gasteiger partial charge in [-0.05, 0) is 53.3 Å². The van der Waals surface area contributed by atoms with E-state index in [9.17, 15) is 0 Å². The fourth-order valence-electron chi connectivity index (χ4n) is 2.19. The molecule has 0 aliphatic rings. The summed E-state index contributed by atoms with van der Waals surface area (Å²) in [6.45, 7) is 1.97. The number of aryl methyl sites for hydroxylation is 2. The van der Waals surface area contributed by atoms with Gasteiger partial charge in [-0.15, -0.1) is 0 Å². The normalized spacial score (nSPS) is 11.4. The van der Waals surface area contributed by atoms with Crippen molar-refractivity contribution in [3.05, 3.63) is 37.6 Å². The summed E-state index contributed by atoms with van der Waals surface area (Å²) in [5.41, 5.74) is 3.87. The van der Waals surface area contributed by atoms with Crippen molar-refractivity contribution in [3.8, 4) is 5.69 Å². The Hall–Kier alpha value is -0.920. The highest BCUT2D eigenvalue weighted by molar-refractivity contribution is 9.11. The summed E-state index contributed by atoms with van der Waals surface area (Å²) in [5.74, 6) is 0. The maximum Gasteiger partial charge on any atom is 0.184 e. The Bertz CT molecular complexity index is 843. The molecule has 0 atom stereocenters. The van der Waals surface area contributed by atoms with Crippen LogP contribution >= 0.6 is 44.1 Å². The van der Waals surface area contributed by atoms with E-state index in [1.54, 1.807) is 0 Å². The zero-order chi connectivity index (χ0) is 13.7.